The van der Waals surface area contributed by atoms with Gasteiger partial charge in [0.2, 0.25) is 0 Å². The first-order chi connectivity index (χ1) is 5.97. The predicted octanol–water partition coefficient (Wildman–Crippen LogP) is 1.85. The van der Waals surface area contributed by atoms with Gasteiger partial charge in [0.1, 0.15) is 0 Å². The van der Waals surface area contributed by atoms with E-state index in [0.29, 0.717) is 0 Å². The van der Waals surface area contributed by atoms with Gasteiger partial charge in [0, 0.05) is 19.3 Å². The molecular formula is C10H12N2. The van der Waals surface area contributed by atoms with Crippen LogP contribution in [0.25, 0.3) is 0 Å². The van der Waals surface area contributed by atoms with E-state index >= 15 is 0 Å². The normalized spacial score (nSPS) is 16.5. The van der Waals surface area contributed by atoms with E-state index in [2.05, 4.69) is 28.1 Å². The molecular weight excluding hydrogens is 148 g/mol. The zero-order valence-corrected chi connectivity index (χ0v) is 6.98. The molecule has 2 heteroatoms. The van der Waals surface area contributed by atoms with Crippen LogP contribution >= 0.6 is 0 Å². The summed E-state index contributed by atoms with van der Waals surface area (Å²) in [6.07, 6.45) is 9.31. The second kappa shape index (κ2) is 3.39. The second-order valence-corrected chi connectivity index (χ2v) is 2.92. The molecule has 1 aliphatic heterocycles. The Morgan fingerprint density at radius 2 is 2.33 bits per heavy atom. The molecule has 0 atom stereocenters. The van der Waals surface area contributed by atoms with Crippen molar-refractivity contribution in [2.24, 2.45) is 0 Å². The quantitative estimate of drug-likeness (QED) is 0.583. The van der Waals surface area contributed by atoms with Crippen molar-refractivity contribution in [3.63, 3.8) is 0 Å². The van der Waals surface area contributed by atoms with Crippen molar-refractivity contribution in [1.82, 2.24) is 4.98 Å². The first-order valence-corrected chi connectivity index (χ1v) is 4.27. The summed E-state index contributed by atoms with van der Waals surface area (Å²) in [4.78, 5) is 6.42. The molecule has 0 amide bonds. The Labute approximate surface area is 72.5 Å². The molecule has 0 aliphatic carbocycles. The molecule has 2 rings (SSSR count). The summed E-state index contributed by atoms with van der Waals surface area (Å²) >= 11 is 0. The number of aromatic nitrogens is 1. The van der Waals surface area contributed by atoms with Gasteiger partial charge in [-0.05, 0) is 18.6 Å². The van der Waals surface area contributed by atoms with Gasteiger partial charge >= 0.3 is 0 Å². The lowest BCUT2D eigenvalue weighted by molar-refractivity contribution is 0.818. The lowest BCUT2D eigenvalue weighted by Gasteiger charge is -2.24. The topological polar surface area (TPSA) is 16.1 Å². The number of rotatable bonds is 1. The average molecular weight is 160 g/mol. The Kier molecular flexibility index (Phi) is 2.08. The second-order valence-electron chi connectivity index (χ2n) is 2.92. The molecule has 0 aromatic carbocycles. The van der Waals surface area contributed by atoms with Gasteiger partial charge in [-0.1, -0.05) is 12.2 Å². The van der Waals surface area contributed by atoms with E-state index in [0.717, 1.165) is 19.5 Å². The van der Waals surface area contributed by atoms with Crippen molar-refractivity contribution < 1.29 is 0 Å². The first-order valence-electron chi connectivity index (χ1n) is 4.27. The van der Waals surface area contributed by atoms with Crippen LogP contribution in [0.1, 0.15) is 6.42 Å². The van der Waals surface area contributed by atoms with Crippen molar-refractivity contribution in [2.75, 3.05) is 18.0 Å². The summed E-state index contributed by atoms with van der Waals surface area (Å²) in [5, 5.41) is 0. The van der Waals surface area contributed by atoms with Crippen LogP contribution in [0.3, 0.4) is 0 Å². The number of nitrogens with zero attached hydrogens (tertiary/aromatic N) is 2. The smallest absolute Gasteiger partial charge is 0.0555 e. The summed E-state index contributed by atoms with van der Waals surface area (Å²) in [5.41, 5.74) is 1.22. The molecule has 2 heterocycles. The van der Waals surface area contributed by atoms with Gasteiger partial charge in [-0.2, -0.15) is 0 Å². The van der Waals surface area contributed by atoms with E-state index in [4.69, 9.17) is 0 Å². The molecule has 1 aromatic heterocycles. The number of hydrogen-bond acceptors (Lipinski definition) is 2. The van der Waals surface area contributed by atoms with Gasteiger partial charge in [0.25, 0.3) is 0 Å². The molecule has 0 radical (unpaired) electrons. The van der Waals surface area contributed by atoms with Gasteiger partial charge in [-0.15, -0.1) is 0 Å². The lowest BCUT2D eigenvalue weighted by atomic mass is 10.2. The molecule has 0 unspecified atom stereocenters. The minimum atomic E-state index is 1.02. The molecule has 0 N–H and O–H groups in total. The molecule has 1 aliphatic rings. The van der Waals surface area contributed by atoms with Crippen molar-refractivity contribution in [3.05, 3.63) is 36.7 Å². The Balaban J connectivity index is 2.15. The Hall–Kier alpha value is -1.31. The van der Waals surface area contributed by atoms with Crippen LogP contribution in [0.5, 0.6) is 0 Å². The van der Waals surface area contributed by atoms with Crippen molar-refractivity contribution in [1.29, 1.82) is 0 Å². The maximum atomic E-state index is 4.09. The van der Waals surface area contributed by atoms with E-state index in [9.17, 15) is 0 Å². The highest BCUT2D eigenvalue weighted by Crippen LogP contribution is 2.14. The summed E-state index contributed by atoms with van der Waals surface area (Å²) in [5.74, 6) is 0. The maximum Gasteiger partial charge on any atom is 0.0555 e. The molecule has 0 saturated heterocycles. The van der Waals surface area contributed by atoms with Crippen molar-refractivity contribution in [2.45, 2.75) is 6.42 Å². The van der Waals surface area contributed by atoms with Gasteiger partial charge in [0.05, 0.1) is 11.9 Å². The monoisotopic (exact) mass is 160 g/mol. The summed E-state index contributed by atoms with van der Waals surface area (Å²) < 4.78 is 0. The molecule has 1 aromatic rings. The summed E-state index contributed by atoms with van der Waals surface area (Å²) in [6.45, 7) is 2.13. The zero-order chi connectivity index (χ0) is 8.23. The Morgan fingerprint density at radius 1 is 1.33 bits per heavy atom. The van der Waals surface area contributed by atoms with Gasteiger partial charge < -0.3 is 4.90 Å². The minimum Gasteiger partial charge on any atom is -0.366 e. The van der Waals surface area contributed by atoms with Gasteiger partial charge in [0.15, 0.2) is 0 Å². The van der Waals surface area contributed by atoms with Crippen LogP contribution in [-0.2, 0) is 0 Å². The SMILES string of the molecule is C1=CCN(c2cccnc2)CC1. The Bertz CT molecular complexity index is 266. The van der Waals surface area contributed by atoms with Crippen LogP contribution < -0.4 is 4.90 Å². The van der Waals surface area contributed by atoms with Gasteiger partial charge in [-0.25, -0.2) is 0 Å². The Morgan fingerprint density at radius 3 is 3.00 bits per heavy atom. The zero-order valence-electron chi connectivity index (χ0n) is 6.98. The average Bonchev–Trinajstić information content (AvgIpc) is 2.21. The van der Waals surface area contributed by atoms with E-state index in [1.165, 1.54) is 5.69 Å². The number of pyridine rings is 1. The third-order valence-electron chi connectivity index (χ3n) is 2.07. The van der Waals surface area contributed by atoms with Crippen molar-refractivity contribution >= 4 is 5.69 Å². The number of anilines is 1. The van der Waals surface area contributed by atoms with Crippen LogP contribution in [0.15, 0.2) is 36.7 Å². The number of hydrogen-bond donors (Lipinski definition) is 0. The first kappa shape index (κ1) is 7.35. The van der Waals surface area contributed by atoms with Crippen LogP contribution in [0.4, 0.5) is 5.69 Å². The molecule has 0 spiro atoms. The van der Waals surface area contributed by atoms with E-state index < -0.39 is 0 Å². The van der Waals surface area contributed by atoms with Gasteiger partial charge in [-0.3, -0.25) is 4.98 Å². The van der Waals surface area contributed by atoms with Crippen molar-refractivity contribution in [3.8, 4) is 0 Å². The van der Waals surface area contributed by atoms with E-state index in [1.54, 1.807) is 0 Å². The molecule has 0 bridgehead atoms. The summed E-state index contributed by atoms with van der Waals surface area (Å²) in [6, 6.07) is 4.08. The largest absolute Gasteiger partial charge is 0.366 e. The van der Waals surface area contributed by atoms with Crippen LogP contribution in [0.2, 0.25) is 0 Å². The summed E-state index contributed by atoms with van der Waals surface area (Å²) in [7, 11) is 0. The molecule has 0 fully saturated rings. The van der Waals surface area contributed by atoms with E-state index in [-0.39, 0.29) is 0 Å². The highest BCUT2D eigenvalue weighted by molar-refractivity contribution is 5.45. The van der Waals surface area contributed by atoms with Crippen LogP contribution in [0, 0.1) is 0 Å². The molecule has 2 nitrogen and oxygen atoms in total. The molecule has 62 valence electrons. The maximum absolute atomic E-state index is 4.09. The fourth-order valence-corrected chi connectivity index (χ4v) is 1.42. The molecule has 0 saturated carbocycles. The highest BCUT2D eigenvalue weighted by Gasteiger charge is 2.05. The fraction of sp³-hybridized carbons (Fsp3) is 0.300. The third kappa shape index (κ3) is 1.47. The molecule has 12 heavy (non-hydrogen) atoms. The predicted molar refractivity (Wildman–Crippen MR) is 50.2 cm³/mol. The van der Waals surface area contributed by atoms with Crippen LogP contribution in [-0.4, -0.2) is 18.1 Å². The van der Waals surface area contributed by atoms with E-state index in [1.807, 2.05) is 18.5 Å². The fourth-order valence-electron chi connectivity index (χ4n) is 1.42. The lowest BCUT2D eigenvalue weighted by Crippen LogP contribution is -2.26. The third-order valence-corrected chi connectivity index (χ3v) is 2.07. The standard InChI is InChI=1S/C10H12N2/c1-2-7-12(8-3-1)10-5-4-6-11-9-10/h1-2,4-6,9H,3,7-8H2. The highest BCUT2D eigenvalue weighted by atomic mass is 15.1. The minimum absolute atomic E-state index is 1.02.